The standard InChI is InChI=1S/C24H28F2N2O6S/c1-24(14-25,15-26)34-23(30)28-17-3-4-18(28)12-20(11-17)33-19-9-10-27(22(29)13-19)16-5-7-21(8-6-16)35(2,31)32/h5-10,13,17-18,20H,3-4,11-12,14-15H2,1-2H3/t17-,18-/m1/s1. The lowest BCUT2D eigenvalue weighted by atomic mass is 10.00. The Labute approximate surface area is 202 Å². The molecule has 3 heterocycles. The molecule has 2 aliphatic heterocycles. The third-order valence-electron chi connectivity index (χ3n) is 6.54. The van der Waals surface area contributed by atoms with Crippen LogP contribution in [-0.2, 0) is 14.6 Å². The van der Waals surface area contributed by atoms with Crippen LogP contribution in [0.5, 0.6) is 5.75 Å². The Bertz CT molecular complexity index is 1230. The summed E-state index contributed by atoms with van der Waals surface area (Å²) in [5.74, 6) is 0.391. The van der Waals surface area contributed by atoms with E-state index in [1.165, 1.54) is 29.7 Å². The van der Waals surface area contributed by atoms with Gasteiger partial charge in [-0.2, -0.15) is 0 Å². The Morgan fingerprint density at radius 1 is 1.09 bits per heavy atom. The smallest absolute Gasteiger partial charge is 0.410 e. The van der Waals surface area contributed by atoms with Crippen LogP contribution in [0, 0.1) is 0 Å². The fraction of sp³-hybridized carbons (Fsp3) is 0.500. The number of piperidine rings is 1. The monoisotopic (exact) mass is 510 g/mol. The molecule has 2 saturated heterocycles. The quantitative estimate of drug-likeness (QED) is 0.566. The zero-order valence-electron chi connectivity index (χ0n) is 19.5. The van der Waals surface area contributed by atoms with Gasteiger partial charge in [-0.3, -0.25) is 9.36 Å². The molecule has 190 valence electrons. The molecule has 2 fully saturated rings. The van der Waals surface area contributed by atoms with E-state index in [1.807, 2.05) is 0 Å². The van der Waals surface area contributed by atoms with Crippen LogP contribution in [0.25, 0.3) is 5.69 Å². The number of hydrogen-bond donors (Lipinski definition) is 0. The summed E-state index contributed by atoms with van der Waals surface area (Å²) in [6.07, 6.45) is 4.26. The number of halogens is 2. The molecule has 0 radical (unpaired) electrons. The van der Waals surface area contributed by atoms with Crippen molar-refractivity contribution < 1.29 is 31.5 Å². The van der Waals surface area contributed by atoms with Crippen LogP contribution in [0.15, 0.2) is 52.3 Å². The van der Waals surface area contributed by atoms with Crippen molar-refractivity contribution in [2.45, 2.75) is 61.3 Å². The van der Waals surface area contributed by atoms with Crippen molar-refractivity contribution in [3.63, 3.8) is 0 Å². The normalized spacial score (nSPS) is 22.2. The summed E-state index contributed by atoms with van der Waals surface area (Å²) in [6, 6.07) is 8.69. The van der Waals surface area contributed by atoms with E-state index in [-0.39, 0.29) is 28.6 Å². The van der Waals surface area contributed by atoms with Gasteiger partial charge >= 0.3 is 6.09 Å². The highest BCUT2D eigenvalue weighted by atomic mass is 32.2. The molecule has 0 saturated carbocycles. The second kappa shape index (κ2) is 9.60. The number of rotatable bonds is 7. The Hall–Kier alpha value is -2.95. The van der Waals surface area contributed by atoms with Crippen LogP contribution in [0.2, 0.25) is 0 Å². The van der Waals surface area contributed by atoms with Crippen LogP contribution in [0.1, 0.15) is 32.6 Å². The van der Waals surface area contributed by atoms with Crippen molar-refractivity contribution >= 4 is 15.9 Å². The number of pyridine rings is 1. The first-order chi connectivity index (χ1) is 16.5. The number of fused-ring (bicyclic) bond motifs is 2. The maximum absolute atomic E-state index is 13.1. The summed E-state index contributed by atoms with van der Waals surface area (Å²) in [6.45, 7) is -0.972. The summed E-state index contributed by atoms with van der Waals surface area (Å²) >= 11 is 0. The first-order valence-corrected chi connectivity index (χ1v) is 13.3. The molecular weight excluding hydrogens is 482 g/mol. The lowest BCUT2D eigenvalue weighted by molar-refractivity contribution is -0.0437. The molecular formula is C24H28F2N2O6S. The fourth-order valence-electron chi connectivity index (χ4n) is 4.67. The van der Waals surface area contributed by atoms with Gasteiger partial charge < -0.3 is 14.4 Å². The van der Waals surface area contributed by atoms with Crippen molar-refractivity contribution in [1.29, 1.82) is 0 Å². The maximum Gasteiger partial charge on any atom is 0.410 e. The van der Waals surface area contributed by atoms with Gasteiger partial charge in [0.05, 0.1) is 4.90 Å². The van der Waals surface area contributed by atoms with E-state index in [0.29, 0.717) is 24.3 Å². The molecule has 1 aromatic carbocycles. The maximum atomic E-state index is 13.1. The largest absolute Gasteiger partial charge is 0.490 e. The van der Waals surface area contributed by atoms with Crippen molar-refractivity contribution in [1.82, 2.24) is 9.47 Å². The second-order valence-corrected chi connectivity index (χ2v) is 11.4. The number of alkyl halides is 2. The molecule has 1 aromatic heterocycles. The molecule has 0 aliphatic carbocycles. The number of sulfone groups is 1. The second-order valence-electron chi connectivity index (χ2n) is 9.43. The van der Waals surface area contributed by atoms with Gasteiger partial charge in [0.1, 0.15) is 25.2 Å². The number of amides is 1. The number of benzene rings is 1. The number of ether oxygens (including phenoxy) is 2. The molecule has 11 heteroatoms. The number of nitrogens with zero attached hydrogens (tertiary/aromatic N) is 2. The van der Waals surface area contributed by atoms with Crippen molar-refractivity contribution in [2.75, 3.05) is 19.6 Å². The van der Waals surface area contributed by atoms with Crippen LogP contribution >= 0.6 is 0 Å². The lowest BCUT2D eigenvalue weighted by Gasteiger charge is -2.39. The van der Waals surface area contributed by atoms with E-state index in [2.05, 4.69) is 0 Å². The third-order valence-corrected chi connectivity index (χ3v) is 7.67. The third kappa shape index (κ3) is 5.34. The molecule has 35 heavy (non-hydrogen) atoms. The summed E-state index contributed by atoms with van der Waals surface area (Å²) < 4.78 is 62.1. The van der Waals surface area contributed by atoms with Gasteiger partial charge in [-0.1, -0.05) is 0 Å². The first-order valence-electron chi connectivity index (χ1n) is 11.4. The van der Waals surface area contributed by atoms with Crippen molar-refractivity contribution in [3.05, 3.63) is 52.9 Å². The van der Waals surface area contributed by atoms with Crippen molar-refractivity contribution in [3.8, 4) is 11.4 Å². The number of carbonyl (C=O) groups is 1. The highest BCUT2D eigenvalue weighted by Gasteiger charge is 2.46. The molecule has 2 atom stereocenters. The van der Waals surface area contributed by atoms with E-state index in [9.17, 15) is 26.8 Å². The topological polar surface area (TPSA) is 94.9 Å². The minimum Gasteiger partial charge on any atom is -0.490 e. The summed E-state index contributed by atoms with van der Waals surface area (Å²) in [7, 11) is -3.33. The Kier molecular flexibility index (Phi) is 6.90. The molecule has 8 nitrogen and oxygen atoms in total. The van der Waals surface area contributed by atoms with Crippen LogP contribution in [0.4, 0.5) is 13.6 Å². The predicted molar refractivity (Wildman–Crippen MR) is 124 cm³/mol. The lowest BCUT2D eigenvalue weighted by Crippen LogP contribution is -2.52. The van der Waals surface area contributed by atoms with Gasteiger partial charge in [0.15, 0.2) is 15.4 Å². The van der Waals surface area contributed by atoms with Crippen LogP contribution < -0.4 is 10.3 Å². The molecule has 2 bridgehead atoms. The SMILES string of the molecule is CC(CF)(CF)OC(=O)N1[C@@H]2CC[C@@H]1CC(Oc1ccn(-c3ccc(S(C)(=O)=O)cc3)c(=O)c1)C2. The van der Waals surface area contributed by atoms with Gasteiger partial charge in [0.2, 0.25) is 0 Å². The van der Waals surface area contributed by atoms with Gasteiger partial charge in [0, 0.05) is 49.1 Å². The average molecular weight is 511 g/mol. The van der Waals surface area contributed by atoms with Gasteiger partial charge in [-0.05, 0) is 50.1 Å². The molecule has 1 amide bonds. The summed E-state index contributed by atoms with van der Waals surface area (Å²) in [5.41, 5.74) is -1.60. The highest BCUT2D eigenvalue weighted by Crippen LogP contribution is 2.38. The minimum absolute atomic E-state index is 0.163. The van der Waals surface area contributed by atoms with E-state index in [1.54, 1.807) is 29.3 Å². The number of aromatic nitrogens is 1. The zero-order chi connectivity index (χ0) is 25.4. The van der Waals surface area contributed by atoms with Gasteiger partial charge in [0.25, 0.3) is 5.56 Å². The molecule has 4 rings (SSSR count). The Balaban J connectivity index is 1.42. The Morgan fingerprint density at radius 3 is 2.20 bits per heavy atom. The van der Waals surface area contributed by atoms with Gasteiger partial charge in [-0.25, -0.2) is 22.0 Å². The van der Waals surface area contributed by atoms with E-state index in [4.69, 9.17) is 9.47 Å². The van der Waals surface area contributed by atoms with E-state index < -0.39 is 34.9 Å². The van der Waals surface area contributed by atoms with E-state index >= 15 is 0 Å². The van der Waals surface area contributed by atoms with Gasteiger partial charge in [-0.15, -0.1) is 0 Å². The summed E-state index contributed by atoms with van der Waals surface area (Å²) in [5, 5.41) is 0. The predicted octanol–water partition coefficient (Wildman–Crippen LogP) is 3.45. The molecule has 0 spiro atoms. The molecule has 0 unspecified atom stereocenters. The first kappa shape index (κ1) is 25.2. The fourth-order valence-corrected chi connectivity index (χ4v) is 5.30. The highest BCUT2D eigenvalue weighted by molar-refractivity contribution is 7.90. The zero-order valence-corrected chi connectivity index (χ0v) is 20.3. The number of hydrogen-bond acceptors (Lipinski definition) is 6. The number of carbonyl (C=O) groups excluding carboxylic acids is 1. The Morgan fingerprint density at radius 2 is 1.69 bits per heavy atom. The van der Waals surface area contributed by atoms with Crippen LogP contribution in [0.3, 0.4) is 0 Å². The van der Waals surface area contributed by atoms with E-state index in [0.717, 1.165) is 19.1 Å². The molecule has 2 aromatic rings. The molecule has 2 aliphatic rings. The van der Waals surface area contributed by atoms with Crippen molar-refractivity contribution in [2.24, 2.45) is 0 Å². The summed E-state index contributed by atoms with van der Waals surface area (Å²) in [4.78, 5) is 27.0. The van der Waals surface area contributed by atoms with Crippen LogP contribution in [-0.4, -0.2) is 67.4 Å². The molecule has 0 N–H and O–H groups in total. The average Bonchev–Trinajstić information content (AvgIpc) is 3.09. The minimum atomic E-state index is -3.33.